The van der Waals surface area contributed by atoms with Gasteiger partial charge >= 0.3 is 0 Å². The van der Waals surface area contributed by atoms with Gasteiger partial charge in [0.15, 0.2) is 5.82 Å². The van der Waals surface area contributed by atoms with Gasteiger partial charge < -0.3 is 15.8 Å². The van der Waals surface area contributed by atoms with E-state index in [0.717, 1.165) is 46.6 Å². The minimum Gasteiger partial charge on any atom is -0.382 e. The molecule has 3 aromatic heterocycles. The maximum Gasteiger partial charge on any atom is 0.284 e. The number of nitrogens with one attached hydrogen (secondary N) is 1. The average molecular weight is 522 g/mol. The number of carbonyl (C=O) groups excluding carboxylic acids is 1. The van der Waals surface area contributed by atoms with E-state index in [2.05, 4.69) is 21.5 Å². The van der Waals surface area contributed by atoms with Crippen molar-refractivity contribution < 1.29 is 9.53 Å². The summed E-state index contributed by atoms with van der Waals surface area (Å²) in [6.07, 6.45) is 4.06. The summed E-state index contributed by atoms with van der Waals surface area (Å²) in [6, 6.07) is 19.1. The van der Waals surface area contributed by atoms with Gasteiger partial charge in [0.25, 0.3) is 11.5 Å². The minimum absolute atomic E-state index is 0.207. The molecule has 0 radical (unpaired) electrons. The van der Waals surface area contributed by atoms with Crippen molar-refractivity contribution in [2.24, 2.45) is 0 Å². The third-order valence-corrected chi connectivity index (χ3v) is 7.63. The smallest absolute Gasteiger partial charge is 0.284 e. The molecule has 3 N–H and O–H groups in total. The van der Waals surface area contributed by atoms with E-state index < -0.39 is 5.91 Å². The highest BCUT2D eigenvalue weighted by Gasteiger charge is 2.29. The number of hydrogen-bond acceptors (Lipinski definition) is 6. The highest BCUT2D eigenvalue weighted by Crippen LogP contribution is 2.35. The lowest BCUT2D eigenvalue weighted by molar-refractivity contribution is 0.00605. The Kier molecular flexibility index (Phi) is 5.55. The van der Waals surface area contributed by atoms with E-state index in [4.69, 9.17) is 10.5 Å². The Balaban J connectivity index is 1.21. The highest BCUT2D eigenvalue weighted by molar-refractivity contribution is 6.05. The summed E-state index contributed by atoms with van der Waals surface area (Å²) < 4.78 is 10.8. The number of para-hydroxylation sites is 1. The molecule has 2 aliphatic rings. The third-order valence-electron chi connectivity index (χ3n) is 7.63. The predicted octanol–water partition coefficient (Wildman–Crippen LogP) is 3.63. The molecule has 0 unspecified atom stereocenters. The van der Waals surface area contributed by atoms with Crippen LogP contribution in [0.15, 0.2) is 71.8 Å². The van der Waals surface area contributed by atoms with Gasteiger partial charge in [-0.1, -0.05) is 30.3 Å². The van der Waals surface area contributed by atoms with Crippen LogP contribution >= 0.6 is 0 Å². The molecule has 196 valence electrons. The van der Waals surface area contributed by atoms with Crippen molar-refractivity contribution in [2.45, 2.75) is 31.7 Å². The highest BCUT2D eigenvalue weighted by atomic mass is 16.5. The van der Waals surface area contributed by atoms with Crippen LogP contribution in [-0.4, -0.2) is 43.1 Å². The van der Waals surface area contributed by atoms with Crippen LogP contribution in [0.2, 0.25) is 0 Å². The largest absolute Gasteiger partial charge is 0.382 e. The molecule has 10 nitrogen and oxygen atoms in total. The normalized spacial score (nSPS) is 15.2. The molecule has 7 rings (SSSR count). The van der Waals surface area contributed by atoms with Crippen LogP contribution in [0.25, 0.3) is 22.3 Å². The Bertz CT molecular complexity index is 1760. The first kappa shape index (κ1) is 23.4. The monoisotopic (exact) mass is 521 g/mol. The van der Waals surface area contributed by atoms with E-state index in [-0.39, 0.29) is 17.0 Å². The lowest BCUT2D eigenvalue weighted by atomic mass is 10.0. The lowest BCUT2D eigenvalue weighted by Gasteiger charge is -2.25. The maximum atomic E-state index is 13.5. The Morgan fingerprint density at radius 2 is 1.85 bits per heavy atom. The van der Waals surface area contributed by atoms with Crippen LogP contribution in [0.1, 0.15) is 40.5 Å². The van der Waals surface area contributed by atoms with Crippen LogP contribution in [-0.2, 0) is 17.7 Å². The van der Waals surface area contributed by atoms with Crippen LogP contribution in [0.3, 0.4) is 0 Å². The number of anilines is 2. The zero-order valence-corrected chi connectivity index (χ0v) is 21.2. The second-order valence-electron chi connectivity index (χ2n) is 10.0. The SMILES string of the molecule is Nc1ncnn2c(C3COC3)cc(-c3ccc(NC(=O)c4c5n(n(-c6ccccc6)c4=O)CCCC5)cc3)c12. The number of fused-ring (bicyclic) bond motifs is 2. The summed E-state index contributed by atoms with van der Waals surface area (Å²) in [6.45, 7) is 2.00. The molecule has 1 amide bonds. The molecular formula is C29H27N7O3. The molecule has 5 aromatic rings. The molecule has 2 aliphatic heterocycles. The van der Waals surface area contributed by atoms with Crippen molar-refractivity contribution in [1.82, 2.24) is 24.0 Å². The Labute approximate surface area is 223 Å². The number of nitrogen functional groups attached to an aromatic ring is 1. The van der Waals surface area contributed by atoms with E-state index in [9.17, 15) is 9.59 Å². The van der Waals surface area contributed by atoms with Gasteiger partial charge in [0.05, 0.1) is 30.3 Å². The van der Waals surface area contributed by atoms with E-state index in [0.29, 0.717) is 37.7 Å². The first-order valence-corrected chi connectivity index (χ1v) is 13.1. The third kappa shape index (κ3) is 3.83. The number of aromatic nitrogens is 5. The quantitative estimate of drug-likeness (QED) is 0.364. The van der Waals surface area contributed by atoms with Gasteiger partial charge in [0.2, 0.25) is 0 Å². The molecule has 10 heteroatoms. The Morgan fingerprint density at radius 3 is 2.59 bits per heavy atom. The summed E-state index contributed by atoms with van der Waals surface area (Å²) in [5, 5.41) is 7.37. The van der Waals surface area contributed by atoms with Crippen LogP contribution in [0, 0.1) is 0 Å². The molecule has 0 bridgehead atoms. The van der Waals surface area contributed by atoms with Gasteiger partial charge in [-0.05, 0) is 55.2 Å². The molecule has 39 heavy (non-hydrogen) atoms. The van der Waals surface area contributed by atoms with Gasteiger partial charge in [0, 0.05) is 23.7 Å². The molecule has 1 fully saturated rings. The number of nitrogens with two attached hydrogens (primary N) is 1. The zero-order chi connectivity index (χ0) is 26.5. The second kappa shape index (κ2) is 9.25. The maximum absolute atomic E-state index is 13.5. The summed E-state index contributed by atoms with van der Waals surface area (Å²) >= 11 is 0. The van der Waals surface area contributed by atoms with Gasteiger partial charge in [-0.2, -0.15) is 5.10 Å². The number of hydrogen-bond donors (Lipinski definition) is 2. The van der Waals surface area contributed by atoms with E-state index in [1.54, 1.807) is 4.68 Å². The van der Waals surface area contributed by atoms with Crippen molar-refractivity contribution in [2.75, 3.05) is 24.3 Å². The van der Waals surface area contributed by atoms with Crippen molar-refractivity contribution in [3.63, 3.8) is 0 Å². The van der Waals surface area contributed by atoms with Crippen molar-refractivity contribution in [3.05, 3.63) is 94.3 Å². The summed E-state index contributed by atoms with van der Waals surface area (Å²) in [7, 11) is 0. The number of ether oxygens (including phenoxy) is 1. The summed E-state index contributed by atoms with van der Waals surface area (Å²) in [5.74, 6) is 0.261. The Hall–Kier alpha value is -4.70. The van der Waals surface area contributed by atoms with Gasteiger partial charge in [-0.15, -0.1) is 0 Å². The first-order valence-electron chi connectivity index (χ1n) is 13.1. The molecular weight excluding hydrogens is 494 g/mol. The molecule has 5 heterocycles. The number of amides is 1. The molecule has 2 aromatic carbocycles. The van der Waals surface area contributed by atoms with Gasteiger partial charge in [-0.3, -0.25) is 14.3 Å². The molecule has 0 aliphatic carbocycles. The molecule has 0 saturated carbocycles. The van der Waals surface area contributed by atoms with Crippen LogP contribution in [0.5, 0.6) is 0 Å². The molecule has 0 atom stereocenters. The van der Waals surface area contributed by atoms with Gasteiger partial charge in [-0.25, -0.2) is 14.2 Å². The fourth-order valence-electron chi connectivity index (χ4n) is 5.62. The van der Waals surface area contributed by atoms with Crippen LogP contribution in [0.4, 0.5) is 11.5 Å². The molecule has 1 saturated heterocycles. The lowest BCUT2D eigenvalue weighted by Crippen LogP contribution is -2.26. The average Bonchev–Trinajstić information content (AvgIpc) is 3.44. The zero-order valence-electron chi connectivity index (χ0n) is 21.2. The topological polar surface area (TPSA) is 121 Å². The first-order chi connectivity index (χ1) is 19.1. The van der Waals surface area contributed by atoms with Crippen molar-refractivity contribution in [3.8, 4) is 16.8 Å². The Morgan fingerprint density at radius 1 is 1.05 bits per heavy atom. The summed E-state index contributed by atoms with van der Waals surface area (Å²) in [5.41, 5.74) is 11.9. The number of nitrogens with zero attached hydrogens (tertiary/aromatic N) is 5. The summed E-state index contributed by atoms with van der Waals surface area (Å²) in [4.78, 5) is 31.2. The van der Waals surface area contributed by atoms with Crippen molar-refractivity contribution >= 4 is 22.9 Å². The number of carbonyl (C=O) groups is 1. The number of rotatable bonds is 5. The van der Waals surface area contributed by atoms with Gasteiger partial charge in [0.1, 0.15) is 17.4 Å². The molecule has 0 spiro atoms. The van der Waals surface area contributed by atoms with Crippen molar-refractivity contribution in [1.29, 1.82) is 0 Å². The van der Waals surface area contributed by atoms with E-state index >= 15 is 0 Å². The predicted molar refractivity (Wildman–Crippen MR) is 147 cm³/mol. The fraction of sp³-hybridized carbons (Fsp3) is 0.241. The number of benzene rings is 2. The van der Waals surface area contributed by atoms with Crippen LogP contribution < -0.4 is 16.6 Å². The van der Waals surface area contributed by atoms with E-state index in [1.165, 1.54) is 6.33 Å². The minimum atomic E-state index is -0.396. The van der Waals surface area contributed by atoms with E-state index in [1.807, 2.05) is 63.8 Å². The second-order valence-corrected chi connectivity index (χ2v) is 10.0. The fourth-order valence-corrected chi connectivity index (χ4v) is 5.62. The standard InChI is InChI=1S/C29H27N7O3/c30-27-26-22(14-24(19-15-39-16-19)35(26)32-17-31-27)18-9-11-20(12-10-18)33-28(37)25-23-8-4-5-13-34(23)36(29(25)38)21-6-2-1-3-7-21/h1-3,6-7,9-12,14,17,19H,4-5,8,13,15-16H2,(H,33,37)(H2,30,31,32).